The maximum atomic E-state index is 3.49. The van der Waals surface area contributed by atoms with E-state index in [0.29, 0.717) is 0 Å². The molecule has 118 valence electrons. The van der Waals surface area contributed by atoms with Gasteiger partial charge in [0.25, 0.3) is 0 Å². The molecule has 0 bridgehead atoms. The molecule has 0 aromatic heterocycles. The molecular weight excluding hydrogens is 328 g/mol. The molecule has 1 aromatic carbocycles. The van der Waals surface area contributed by atoms with Gasteiger partial charge < -0.3 is 10.2 Å². The van der Waals surface area contributed by atoms with Crippen molar-refractivity contribution in [3.8, 4) is 0 Å². The van der Waals surface area contributed by atoms with Crippen LogP contribution in [0.1, 0.15) is 0 Å². The van der Waals surface area contributed by atoms with Gasteiger partial charge in [0.05, 0.1) is 0 Å². The Kier molecular flexibility index (Phi) is 6.96. The molecule has 0 radical (unpaired) electrons. The van der Waals surface area contributed by atoms with E-state index in [2.05, 4.69) is 74.3 Å². The van der Waals surface area contributed by atoms with Crippen LogP contribution in [-0.2, 0) is 0 Å². The average Bonchev–Trinajstić information content (AvgIpc) is 2.48. The molecule has 2 rings (SSSR count). The predicted molar refractivity (Wildman–Crippen MR) is 94.1 cm³/mol. The van der Waals surface area contributed by atoms with Crippen LogP contribution in [0.3, 0.4) is 0 Å². The molecule has 1 heterocycles. The van der Waals surface area contributed by atoms with Crippen molar-refractivity contribution in [1.29, 1.82) is 0 Å². The summed E-state index contributed by atoms with van der Waals surface area (Å²) < 4.78 is 1.13. The third kappa shape index (κ3) is 6.34. The summed E-state index contributed by atoms with van der Waals surface area (Å²) >= 11 is 3.46. The van der Waals surface area contributed by atoms with Crippen LogP contribution in [0.2, 0.25) is 0 Å². The number of rotatable bonds is 7. The summed E-state index contributed by atoms with van der Waals surface area (Å²) in [7, 11) is 4.29. The number of piperazine rings is 1. The summed E-state index contributed by atoms with van der Waals surface area (Å²) in [5.41, 5.74) is 1.20. The van der Waals surface area contributed by atoms with Gasteiger partial charge in [0.15, 0.2) is 0 Å². The number of nitrogens with zero attached hydrogens (tertiary/aromatic N) is 3. The van der Waals surface area contributed by atoms with Crippen molar-refractivity contribution < 1.29 is 0 Å². The van der Waals surface area contributed by atoms with Crippen molar-refractivity contribution in [2.45, 2.75) is 0 Å². The second kappa shape index (κ2) is 8.73. The van der Waals surface area contributed by atoms with Gasteiger partial charge in [-0.2, -0.15) is 0 Å². The van der Waals surface area contributed by atoms with Crippen molar-refractivity contribution in [2.75, 3.05) is 71.8 Å². The monoisotopic (exact) mass is 354 g/mol. The topological polar surface area (TPSA) is 21.8 Å². The van der Waals surface area contributed by atoms with Crippen molar-refractivity contribution in [1.82, 2.24) is 14.7 Å². The van der Waals surface area contributed by atoms with Crippen LogP contribution in [0.15, 0.2) is 28.7 Å². The minimum absolute atomic E-state index is 1.01. The van der Waals surface area contributed by atoms with Crippen molar-refractivity contribution >= 4 is 21.6 Å². The maximum absolute atomic E-state index is 3.49. The second-order valence-electron chi connectivity index (χ2n) is 5.92. The van der Waals surface area contributed by atoms with Gasteiger partial charge in [-0.1, -0.05) is 15.9 Å². The molecule has 1 fully saturated rings. The first kappa shape index (κ1) is 16.7. The molecule has 0 saturated carbocycles. The molecule has 5 heteroatoms. The normalized spacial score (nSPS) is 17.3. The zero-order valence-corrected chi connectivity index (χ0v) is 14.8. The average molecular weight is 355 g/mol. The van der Waals surface area contributed by atoms with Crippen LogP contribution in [0.25, 0.3) is 0 Å². The molecular formula is C16H27BrN4. The number of benzene rings is 1. The predicted octanol–water partition coefficient (Wildman–Crippen LogP) is 2.04. The lowest BCUT2D eigenvalue weighted by Crippen LogP contribution is -2.48. The molecule has 0 spiro atoms. The molecule has 0 aliphatic carbocycles. The largest absolute Gasteiger partial charge is 0.384 e. The second-order valence-corrected chi connectivity index (χ2v) is 6.84. The lowest BCUT2D eigenvalue weighted by Gasteiger charge is -2.35. The Morgan fingerprint density at radius 3 is 2.14 bits per heavy atom. The summed E-state index contributed by atoms with van der Waals surface area (Å²) in [5.74, 6) is 0. The molecule has 1 aromatic rings. The van der Waals surface area contributed by atoms with E-state index in [1.54, 1.807) is 0 Å². The summed E-state index contributed by atoms with van der Waals surface area (Å²) in [6, 6.07) is 8.38. The molecule has 1 N–H and O–H groups in total. The van der Waals surface area contributed by atoms with Crippen molar-refractivity contribution in [2.24, 2.45) is 0 Å². The van der Waals surface area contributed by atoms with Gasteiger partial charge in [0.1, 0.15) is 0 Å². The fraction of sp³-hybridized carbons (Fsp3) is 0.625. The van der Waals surface area contributed by atoms with E-state index < -0.39 is 0 Å². The summed E-state index contributed by atoms with van der Waals surface area (Å²) in [6.07, 6.45) is 0. The summed E-state index contributed by atoms with van der Waals surface area (Å²) in [6.45, 7) is 9.27. The van der Waals surface area contributed by atoms with E-state index in [1.807, 2.05) is 0 Å². The Bertz CT molecular complexity index is 399. The molecule has 1 aliphatic rings. The molecule has 0 unspecified atom stereocenters. The van der Waals surface area contributed by atoms with Gasteiger partial charge in [0.2, 0.25) is 0 Å². The zero-order chi connectivity index (χ0) is 15.1. The number of nitrogens with one attached hydrogen (secondary N) is 1. The minimum atomic E-state index is 1.01. The number of hydrogen-bond donors (Lipinski definition) is 1. The lowest BCUT2D eigenvalue weighted by molar-refractivity contribution is 0.128. The zero-order valence-electron chi connectivity index (χ0n) is 13.2. The number of halogens is 1. The highest BCUT2D eigenvalue weighted by Gasteiger charge is 2.15. The molecule has 1 aliphatic heterocycles. The number of likely N-dealkylation sites (N-methyl/N-ethyl adjacent to an activating group) is 1. The quantitative estimate of drug-likeness (QED) is 0.808. The van der Waals surface area contributed by atoms with E-state index in [9.17, 15) is 0 Å². The molecule has 1 saturated heterocycles. The van der Waals surface area contributed by atoms with Crippen molar-refractivity contribution in [3.63, 3.8) is 0 Å². The Morgan fingerprint density at radius 2 is 1.57 bits per heavy atom. The molecule has 21 heavy (non-hydrogen) atoms. The van der Waals surface area contributed by atoms with Crippen LogP contribution < -0.4 is 5.32 Å². The van der Waals surface area contributed by atoms with E-state index in [0.717, 1.165) is 24.1 Å². The van der Waals surface area contributed by atoms with Crippen LogP contribution >= 0.6 is 15.9 Å². The SMILES string of the molecule is CN(C)CCN1CCN(CCNc2ccc(Br)cc2)CC1. The van der Waals surface area contributed by atoms with Gasteiger partial charge in [0, 0.05) is 62.5 Å². The van der Waals surface area contributed by atoms with Gasteiger partial charge in [-0.05, 0) is 38.4 Å². The molecule has 0 atom stereocenters. The summed E-state index contributed by atoms with van der Waals surface area (Å²) in [4.78, 5) is 7.38. The first-order chi connectivity index (χ1) is 10.1. The highest BCUT2D eigenvalue weighted by molar-refractivity contribution is 9.10. The first-order valence-corrected chi connectivity index (χ1v) is 8.51. The highest BCUT2D eigenvalue weighted by atomic mass is 79.9. The maximum Gasteiger partial charge on any atom is 0.0341 e. The fourth-order valence-corrected chi connectivity index (χ4v) is 2.77. The van der Waals surface area contributed by atoms with Gasteiger partial charge >= 0.3 is 0 Å². The van der Waals surface area contributed by atoms with Gasteiger partial charge in [-0.25, -0.2) is 0 Å². The van der Waals surface area contributed by atoms with Gasteiger partial charge in [-0.15, -0.1) is 0 Å². The third-order valence-corrected chi connectivity index (χ3v) is 4.46. The molecule has 4 nitrogen and oxygen atoms in total. The Hall–Kier alpha value is -0.620. The van der Waals surface area contributed by atoms with Crippen LogP contribution in [0.4, 0.5) is 5.69 Å². The van der Waals surface area contributed by atoms with E-state index in [1.165, 1.54) is 38.4 Å². The summed E-state index contributed by atoms with van der Waals surface area (Å²) in [5, 5.41) is 3.49. The van der Waals surface area contributed by atoms with E-state index >= 15 is 0 Å². The van der Waals surface area contributed by atoms with Crippen molar-refractivity contribution in [3.05, 3.63) is 28.7 Å². The third-order valence-electron chi connectivity index (χ3n) is 3.93. The van der Waals surface area contributed by atoms with E-state index in [-0.39, 0.29) is 0 Å². The molecule has 0 amide bonds. The fourth-order valence-electron chi connectivity index (χ4n) is 2.50. The smallest absolute Gasteiger partial charge is 0.0341 e. The lowest BCUT2D eigenvalue weighted by atomic mass is 10.3. The first-order valence-electron chi connectivity index (χ1n) is 7.72. The van der Waals surface area contributed by atoms with Gasteiger partial charge in [-0.3, -0.25) is 9.80 Å². The number of anilines is 1. The highest BCUT2D eigenvalue weighted by Crippen LogP contribution is 2.13. The Labute approximate surface area is 137 Å². The van der Waals surface area contributed by atoms with Crippen LogP contribution in [0.5, 0.6) is 0 Å². The number of hydrogen-bond acceptors (Lipinski definition) is 4. The Morgan fingerprint density at radius 1 is 1.00 bits per heavy atom. The van der Waals surface area contributed by atoms with E-state index in [4.69, 9.17) is 0 Å². The van der Waals surface area contributed by atoms with Crippen LogP contribution in [-0.4, -0.2) is 81.2 Å². The van der Waals surface area contributed by atoms with Crippen LogP contribution in [0, 0.1) is 0 Å². The Balaban J connectivity index is 1.59. The standard InChI is InChI=1S/C16H27BrN4/c1-19(2)9-10-21-13-11-20(12-14-21)8-7-18-16-5-3-15(17)4-6-16/h3-6,18H,7-14H2,1-2H3. The minimum Gasteiger partial charge on any atom is -0.384 e.